The normalized spacial score (nSPS) is 17.3. The van der Waals surface area contributed by atoms with Gasteiger partial charge < -0.3 is 11.1 Å². The summed E-state index contributed by atoms with van der Waals surface area (Å²) in [6.07, 6.45) is 3.59. The zero-order valence-electron chi connectivity index (χ0n) is 9.87. The van der Waals surface area contributed by atoms with Gasteiger partial charge in [-0.2, -0.15) is 0 Å². The Morgan fingerprint density at radius 3 is 2.76 bits per heavy atom. The first kappa shape index (κ1) is 11.9. The van der Waals surface area contributed by atoms with E-state index >= 15 is 0 Å². The Bertz CT molecular complexity index is 429. The van der Waals surface area contributed by atoms with Crippen LogP contribution >= 0.6 is 0 Å². The fourth-order valence-corrected chi connectivity index (χ4v) is 2.03. The Hall–Kier alpha value is -1.58. The first-order valence-corrected chi connectivity index (χ1v) is 5.94. The highest BCUT2D eigenvalue weighted by Crippen LogP contribution is 2.29. The van der Waals surface area contributed by atoms with E-state index < -0.39 is 5.82 Å². The molecule has 0 radical (unpaired) electrons. The lowest BCUT2D eigenvalue weighted by molar-refractivity contribution is 0.0909. The van der Waals surface area contributed by atoms with Gasteiger partial charge in [0.1, 0.15) is 5.82 Å². The number of nitrogens with two attached hydrogens (primary N) is 1. The maximum Gasteiger partial charge on any atom is 0.251 e. The summed E-state index contributed by atoms with van der Waals surface area (Å²) < 4.78 is 13.0. The van der Waals surface area contributed by atoms with E-state index in [9.17, 15) is 9.18 Å². The molecule has 92 valence electrons. The second-order valence-electron chi connectivity index (χ2n) is 4.69. The second kappa shape index (κ2) is 4.73. The van der Waals surface area contributed by atoms with Crippen molar-refractivity contribution in [3.8, 4) is 0 Å². The van der Waals surface area contributed by atoms with E-state index in [0.717, 1.165) is 0 Å². The van der Waals surface area contributed by atoms with Crippen LogP contribution in [-0.4, -0.2) is 11.9 Å². The Labute approximate surface area is 100 Å². The summed E-state index contributed by atoms with van der Waals surface area (Å²) in [5.74, 6) is -0.0959. The quantitative estimate of drug-likeness (QED) is 0.791. The zero-order chi connectivity index (χ0) is 12.4. The van der Waals surface area contributed by atoms with Gasteiger partial charge >= 0.3 is 0 Å². The summed E-state index contributed by atoms with van der Waals surface area (Å²) in [5.41, 5.74) is 5.85. The minimum absolute atomic E-state index is 0.00828. The van der Waals surface area contributed by atoms with Crippen LogP contribution in [0.1, 0.15) is 36.5 Å². The molecule has 1 amide bonds. The molecule has 0 aromatic heterocycles. The van der Waals surface area contributed by atoms with E-state index in [2.05, 4.69) is 5.32 Å². The number of benzene rings is 1. The molecule has 1 aliphatic carbocycles. The van der Waals surface area contributed by atoms with Crippen LogP contribution in [0.25, 0.3) is 0 Å². The van der Waals surface area contributed by atoms with Gasteiger partial charge in [-0.3, -0.25) is 4.79 Å². The molecule has 0 heterocycles. The van der Waals surface area contributed by atoms with Crippen LogP contribution in [0, 0.1) is 11.7 Å². The number of nitrogens with one attached hydrogen (secondary N) is 1. The molecule has 0 bridgehead atoms. The van der Waals surface area contributed by atoms with E-state index in [4.69, 9.17) is 5.73 Å². The predicted octanol–water partition coefficient (Wildman–Crippen LogP) is 2.33. The number of nitrogen functional groups attached to an aromatic ring is 1. The number of hydrogen-bond donors (Lipinski definition) is 2. The van der Waals surface area contributed by atoms with Crippen molar-refractivity contribution in [3.63, 3.8) is 0 Å². The van der Waals surface area contributed by atoms with Gasteiger partial charge in [0.15, 0.2) is 0 Å². The SMILES string of the molecule is CC(NC(=O)c1ccc(F)c(N)c1)C1CCC1. The molecule has 4 heteroatoms. The van der Waals surface area contributed by atoms with Gasteiger partial charge in [0.05, 0.1) is 5.69 Å². The van der Waals surface area contributed by atoms with E-state index in [1.165, 1.54) is 37.5 Å². The van der Waals surface area contributed by atoms with Gasteiger partial charge in [0.25, 0.3) is 5.91 Å². The second-order valence-corrected chi connectivity index (χ2v) is 4.69. The van der Waals surface area contributed by atoms with E-state index in [1.54, 1.807) is 0 Å². The average Bonchev–Trinajstić information content (AvgIpc) is 2.19. The molecule has 1 aromatic rings. The van der Waals surface area contributed by atoms with Crippen molar-refractivity contribution < 1.29 is 9.18 Å². The molecule has 0 spiro atoms. The fraction of sp³-hybridized carbons (Fsp3) is 0.462. The van der Waals surface area contributed by atoms with Crippen LogP contribution in [0.5, 0.6) is 0 Å². The van der Waals surface area contributed by atoms with E-state index in [1.807, 2.05) is 6.92 Å². The van der Waals surface area contributed by atoms with Crippen molar-refractivity contribution in [2.75, 3.05) is 5.73 Å². The highest BCUT2D eigenvalue weighted by Gasteiger charge is 2.25. The zero-order valence-corrected chi connectivity index (χ0v) is 9.87. The Balaban J connectivity index is 2.01. The third-order valence-electron chi connectivity index (χ3n) is 3.47. The molecule has 0 aliphatic heterocycles. The molecule has 17 heavy (non-hydrogen) atoms. The first-order chi connectivity index (χ1) is 8.08. The lowest BCUT2D eigenvalue weighted by Gasteiger charge is -2.31. The van der Waals surface area contributed by atoms with Crippen LogP contribution < -0.4 is 11.1 Å². The van der Waals surface area contributed by atoms with Crippen LogP contribution in [0.2, 0.25) is 0 Å². The van der Waals surface area contributed by atoms with Crippen molar-refractivity contribution in [3.05, 3.63) is 29.6 Å². The molecular weight excluding hydrogens is 219 g/mol. The van der Waals surface area contributed by atoms with Gasteiger partial charge in [-0.1, -0.05) is 6.42 Å². The largest absolute Gasteiger partial charge is 0.396 e. The molecule has 1 fully saturated rings. The number of rotatable bonds is 3. The number of amides is 1. The maximum atomic E-state index is 13.0. The monoisotopic (exact) mass is 236 g/mol. The van der Waals surface area contributed by atoms with Crippen LogP contribution in [0.3, 0.4) is 0 Å². The summed E-state index contributed by atoms with van der Waals surface area (Å²) >= 11 is 0. The van der Waals surface area contributed by atoms with Crippen molar-refractivity contribution in [1.82, 2.24) is 5.32 Å². The summed E-state index contributed by atoms with van der Waals surface area (Å²) in [6.45, 7) is 2.01. The van der Waals surface area contributed by atoms with Crippen molar-refractivity contribution >= 4 is 11.6 Å². The summed E-state index contributed by atoms with van der Waals surface area (Å²) in [7, 11) is 0. The van der Waals surface area contributed by atoms with Crippen molar-refractivity contribution in [1.29, 1.82) is 0 Å². The lowest BCUT2D eigenvalue weighted by Crippen LogP contribution is -2.40. The van der Waals surface area contributed by atoms with Crippen molar-refractivity contribution in [2.45, 2.75) is 32.2 Å². The number of carbonyl (C=O) groups is 1. The fourth-order valence-electron chi connectivity index (χ4n) is 2.03. The average molecular weight is 236 g/mol. The van der Waals surface area contributed by atoms with Gasteiger partial charge in [-0.25, -0.2) is 4.39 Å². The van der Waals surface area contributed by atoms with Gasteiger partial charge in [0.2, 0.25) is 0 Å². The Morgan fingerprint density at radius 2 is 2.24 bits per heavy atom. The summed E-state index contributed by atoms with van der Waals surface area (Å²) in [5, 5.41) is 2.93. The molecule has 1 aliphatic rings. The summed E-state index contributed by atoms with van der Waals surface area (Å²) in [4.78, 5) is 11.9. The predicted molar refractivity (Wildman–Crippen MR) is 65.1 cm³/mol. The molecule has 1 unspecified atom stereocenters. The van der Waals surface area contributed by atoms with Gasteiger partial charge in [-0.15, -0.1) is 0 Å². The molecule has 0 saturated heterocycles. The molecule has 2 rings (SSSR count). The molecule has 1 saturated carbocycles. The van der Waals surface area contributed by atoms with Gasteiger partial charge in [0, 0.05) is 11.6 Å². The number of carbonyl (C=O) groups excluding carboxylic acids is 1. The number of hydrogen-bond acceptors (Lipinski definition) is 2. The highest BCUT2D eigenvalue weighted by atomic mass is 19.1. The highest BCUT2D eigenvalue weighted by molar-refractivity contribution is 5.95. The van der Waals surface area contributed by atoms with Gasteiger partial charge in [-0.05, 0) is 43.9 Å². The minimum Gasteiger partial charge on any atom is -0.396 e. The van der Waals surface area contributed by atoms with E-state index in [-0.39, 0.29) is 17.6 Å². The minimum atomic E-state index is -0.492. The first-order valence-electron chi connectivity index (χ1n) is 5.94. The smallest absolute Gasteiger partial charge is 0.251 e. The molecule has 1 aromatic carbocycles. The third kappa shape index (κ3) is 2.57. The van der Waals surface area contributed by atoms with Crippen LogP contribution in [-0.2, 0) is 0 Å². The molecular formula is C13H17FN2O. The number of anilines is 1. The lowest BCUT2D eigenvalue weighted by atomic mass is 9.80. The van der Waals surface area contributed by atoms with Crippen molar-refractivity contribution in [2.24, 2.45) is 5.92 Å². The standard InChI is InChI=1S/C13H17FN2O/c1-8(9-3-2-4-9)16-13(17)10-5-6-11(14)12(15)7-10/h5-9H,2-4,15H2,1H3,(H,16,17). The Kier molecular flexibility index (Phi) is 3.31. The van der Waals surface area contributed by atoms with E-state index in [0.29, 0.717) is 11.5 Å². The summed E-state index contributed by atoms with van der Waals surface area (Å²) in [6, 6.07) is 4.22. The third-order valence-corrected chi connectivity index (χ3v) is 3.47. The van der Waals surface area contributed by atoms with Crippen LogP contribution in [0.4, 0.5) is 10.1 Å². The molecule has 3 nitrogen and oxygen atoms in total. The molecule has 1 atom stereocenters. The topological polar surface area (TPSA) is 55.1 Å². The Morgan fingerprint density at radius 1 is 1.53 bits per heavy atom. The maximum absolute atomic E-state index is 13.0. The number of halogens is 1. The van der Waals surface area contributed by atoms with Crippen LogP contribution in [0.15, 0.2) is 18.2 Å². The molecule has 3 N–H and O–H groups in total.